The van der Waals surface area contributed by atoms with E-state index in [1.54, 1.807) is 4.40 Å². The average molecular weight is 313 g/mol. The van der Waals surface area contributed by atoms with Gasteiger partial charge in [-0.25, -0.2) is 4.98 Å². The number of hydrogen-bond donors (Lipinski definition) is 1. The van der Waals surface area contributed by atoms with Gasteiger partial charge in [0.05, 0.1) is 4.88 Å². The molecule has 3 aromatic heterocycles. The van der Waals surface area contributed by atoms with Gasteiger partial charge in [0.15, 0.2) is 0 Å². The molecule has 7 heteroatoms. The summed E-state index contributed by atoms with van der Waals surface area (Å²) < 4.78 is 1.69. The number of hydrogen-bond acceptors (Lipinski definition) is 5. The van der Waals surface area contributed by atoms with Crippen LogP contribution in [0, 0.1) is 6.92 Å². The molecule has 1 N–H and O–H groups in total. The summed E-state index contributed by atoms with van der Waals surface area (Å²) in [5.74, 6) is 0.789. The largest absolute Gasteiger partial charge is 0.289 e. The van der Waals surface area contributed by atoms with Gasteiger partial charge in [0.25, 0.3) is 11.7 Å². The van der Waals surface area contributed by atoms with E-state index in [-0.39, 0.29) is 5.91 Å². The molecule has 0 saturated carbocycles. The van der Waals surface area contributed by atoms with E-state index in [1.807, 2.05) is 19.2 Å². The van der Waals surface area contributed by atoms with Gasteiger partial charge >= 0.3 is 0 Å². The highest BCUT2D eigenvalue weighted by Gasteiger charge is 2.21. The summed E-state index contributed by atoms with van der Waals surface area (Å²) >= 11 is 1.52. The molecule has 0 bridgehead atoms. The first-order valence-electron chi connectivity index (χ1n) is 7.31. The number of nitrogens with zero attached hydrogens (tertiary/aromatic N) is 4. The van der Waals surface area contributed by atoms with Crippen LogP contribution in [-0.2, 0) is 12.8 Å². The van der Waals surface area contributed by atoms with Gasteiger partial charge in [0, 0.05) is 11.9 Å². The fourth-order valence-corrected chi connectivity index (χ4v) is 3.88. The van der Waals surface area contributed by atoms with Crippen LogP contribution in [0.4, 0.5) is 5.95 Å². The second-order valence-corrected chi connectivity index (χ2v) is 6.37. The summed E-state index contributed by atoms with van der Waals surface area (Å²) in [4.78, 5) is 17.6. The number of carbonyl (C=O) groups excluding carboxylic acids is 1. The maximum Gasteiger partial charge on any atom is 0.268 e. The van der Waals surface area contributed by atoms with Gasteiger partial charge in [-0.15, -0.1) is 21.5 Å². The van der Waals surface area contributed by atoms with E-state index in [9.17, 15) is 4.79 Å². The van der Waals surface area contributed by atoms with E-state index >= 15 is 0 Å². The van der Waals surface area contributed by atoms with Crippen molar-refractivity contribution in [2.75, 3.05) is 5.32 Å². The Morgan fingerprint density at radius 1 is 1.32 bits per heavy atom. The monoisotopic (exact) mass is 313 g/mol. The molecule has 0 atom stereocenters. The van der Waals surface area contributed by atoms with Crippen molar-refractivity contribution in [1.29, 1.82) is 0 Å². The van der Waals surface area contributed by atoms with Crippen LogP contribution in [0.25, 0.3) is 5.78 Å². The molecule has 0 aromatic carbocycles. The van der Waals surface area contributed by atoms with Gasteiger partial charge in [-0.1, -0.05) is 0 Å². The molecule has 0 saturated heterocycles. The van der Waals surface area contributed by atoms with E-state index in [2.05, 4.69) is 25.9 Å². The number of aryl methyl sites for hydroxylation is 2. The van der Waals surface area contributed by atoms with E-state index in [0.29, 0.717) is 11.7 Å². The zero-order chi connectivity index (χ0) is 15.1. The van der Waals surface area contributed by atoms with Crippen molar-refractivity contribution < 1.29 is 4.79 Å². The molecule has 0 fully saturated rings. The number of carbonyl (C=O) groups is 1. The molecule has 1 aliphatic carbocycles. The van der Waals surface area contributed by atoms with Crippen molar-refractivity contribution in [3.63, 3.8) is 0 Å². The van der Waals surface area contributed by atoms with Crippen LogP contribution in [-0.4, -0.2) is 25.5 Å². The third-order valence-electron chi connectivity index (χ3n) is 3.95. The molecular formula is C15H15N5OS. The van der Waals surface area contributed by atoms with Crippen LogP contribution in [0.3, 0.4) is 0 Å². The first-order chi connectivity index (χ1) is 10.7. The molecular weight excluding hydrogens is 298 g/mol. The summed E-state index contributed by atoms with van der Waals surface area (Å²) in [6.45, 7) is 1.89. The lowest BCUT2D eigenvalue weighted by molar-refractivity contribution is 0.102. The third kappa shape index (κ3) is 2.18. The van der Waals surface area contributed by atoms with Crippen LogP contribution in [0.5, 0.6) is 0 Å². The van der Waals surface area contributed by atoms with E-state index in [0.717, 1.165) is 29.8 Å². The summed E-state index contributed by atoms with van der Waals surface area (Å²) in [6.07, 6.45) is 6.25. The number of amides is 1. The lowest BCUT2D eigenvalue weighted by atomic mass is 9.94. The Hall–Kier alpha value is -2.28. The van der Waals surface area contributed by atoms with Crippen LogP contribution in [0.1, 0.15) is 39.3 Å². The van der Waals surface area contributed by atoms with Gasteiger partial charge < -0.3 is 0 Å². The maximum atomic E-state index is 12.6. The molecule has 3 heterocycles. The van der Waals surface area contributed by atoms with Gasteiger partial charge in [0.2, 0.25) is 5.95 Å². The number of anilines is 1. The number of fused-ring (bicyclic) bond motifs is 2. The zero-order valence-electron chi connectivity index (χ0n) is 12.2. The number of aromatic nitrogens is 4. The molecule has 22 heavy (non-hydrogen) atoms. The molecule has 3 aromatic rings. The first-order valence-corrected chi connectivity index (χ1v) is 8.19. The smallest absolute Gasteiger partial charge is 0.268 e. The number of thiophene rings is 1. The normalized spacial score (nSPS) is 14.0. The zero-order valence-corrected chi connectivity index (χ0v) is 13.0. The highest BCUT2D eigenvalue weighted by Crippen LogP contribution is 2.30. The Morgan fingerprint density at radius 2 is 2.18 bits per heavy atom. The maximum absolute atomic E-state index is 12.6. The molecule has 0 radical (unpaired) electrons. The fourth-order valence-electron chi connectivity index (χ4n) is 2.83. The number of nitrogens with one attached hydrogen (secondary N) is 1. The van der Waals surface area contributed by atoms with Crippen LogP contribution >= 0.6 is 11.3 Å². The quantitative estimate of drug-likeness (QED) is 0.789. The van der Waals surface area contributed by atoms with Crippen LogP contribution in [0.2, 0.25) is 0 Å². The minimum atomic E-state index is -0.108. The summed E-state index contributed by atoms with van der Waals surface area (Å²) in [5.41, 5.74) is 3.39. The molecule has 0 spiro atoms. The van der Waals surface area contributed by atoms with Crippen molar-refractivity contribution in [3.8, 4) is 0 Å². The number of rotatable bonds is 2. The van der Waals surface area contributed by atoms with E-state index in [4.69, 9.17) is 0 Å². The Bertz CT molecular complexity index is 866. The molecule has 112 valence electrons. The van der Waals surface area contributed by atoms with Crippen molar-refractivity contribution in [2.24, 2.45) is 0 Å². The predicted molar refractivity (Wildman–Crippen MR) is 84.4 cm³/mol. The summed E-state index contributed by atoms with van der Waals surface area (Å²) in [6, 6.07) is 1.86. The van der Waals surface area contributed by atoms with Crippen molar-refractivity contribution in [3.05, 3.63) is 39.3 Å². The second kappa shape index (κ2) is 5.17. The van der Waals surface area contributed by atoms with Gasteiger partial charge in [0.1, 0.15) is 0 Å². The van der Waals surface area contributed by atoms with Crippen LogP contribution in [0.15, 0.2) is 17.6 Å². The molecule has 1 amide bonds. The van der Waals surface area contributed by atoms with E-state index < -0.39 is 0 Å². The van der Waals surface area contributed by atoms with Gasteiger partial charge in [-0.2, -0.15) is 0 Å². The second-order valence-electron chi connectivity index (χ2n) is 5.49. The minimum absolute atomic E-state index is 0.108. The molecule has 4 rings (SSSR count). The highest BCUT2D eigenvalue weighted by molar-refractivity contribution is 7.12. The Kier molecular flexibility index (Phi) is 3.15. The van der Waals surface area contributed by atoms with Gasteiger partial charge in [-0.05, 0) is 55.2 Å². The minimum Gasteiger partial charge on any atom is -0.289 e. The standard InChI is InChI=1S/C15H15N5OS/c1-9-6-7-20-14(16-9)18-19-15(20)17-13(21)12-11-5-3-2-4-10(11)8-22-12/h6-8H,2-5H2,1H3,(H,17,19,21). The predicted octanol–water partition coefficient (Wildman–Crippen LogP) is 2.63. The van der Waals surface area contributed by atoms with Crippen LogP contribution < -0.4 is 5.32 Å². The molecule has 0 aliphatic heterocycles. The lowest BCUT2D eigenvalue weighted by Crippen LogP contribution is -2.15. The fraction of sp³-hybridized carbons (Fsp3) is 0.333. The van der Waals surface area contributed by atoms with Crippen molar-refractivity contribution in [2.45, 2.75) is 32.6 Å². The topological polar surface area (TPSA) is 72.2 Å². The molecule has 0 unspecified atom stereocenters. The third-order valence-corrected chi connectivity index (χ3v) is 5.02. The van der Waals surface area contributed by atoms with Crippen molar-refractivity contribution in [1.82, 2.24) is 19.6 Å². The molecule has 1 aliphatic rings. The SMILES string of the molecule is Cc1ccn2c(NC(=O)c3scc4c3CCCC4)nnc2n1. The first kappa shape index (κ1) is 13.4. The van der Waals surface area contributed by atoms with E-state index in [1.165, 1.54) is 28.9 Å². The molecule has 6 nitrogen and oxygen atoms in total. The summed E-state index contributed by atoms with van der Waals surface area (Å²) in [7, 11) is 0. The average Bonchev–Trinajstić information content (AvgIpc) is 3.11. The Morgan fingerprint density at radius 3 is 3.09 bits per heavy atom. The highest BCUT2D eigenvalue weighted by atomic mass is 32.1. The summed E-state index contributed by atoms with van der Waals surface area (Å²) in [5, 5.41) is 13.0. The Labute approximate surface area is 131 Å². The van der Waals surface area contributed by atoms with Crippen molar-refractivity contribution >= 4 is 29.0 Å². The Balaban J connectivity index is 1.65. The lowest BCUT2D eigenvalue weighted by Gasteiger charge is -2.12. The van der Waals surface area contributed by atoms with Gasteiger partial charge in [-0.3, -0.25) is 14.5 Å².